The van der Waals surface area contributed by atoms with Gasteiger partial charge >= 0.3 is 0 Å². The van der Waals surface area contributed by atoms with Crippen LogP contribution in [0.15, 0.2) is 12.2 Å². The molecule has 5 rings (SSSR count). The first kappa shape index (κ1) is 19.7. The Kier molecular flexibility index (Phi) is 5.01. The summed E-state index contributed by atoms with van der Waals surface area (Å²) in [5.41, 5.74) is 1.24. The van der Waals surface area contributed by atoms with Gasteiger partial charge in [-0.25, -0.2) is 0 Å². The standard InChI is InChI=1S/C27H45N/c1-18-8-13-25(28-17-18)19(2)22-11-12-23-21-10-9-20-7-5-6-15-26(20,3)24(21)14-16-27(22,23)4/h5-6,18-25,28H,7-17H2,1-4H3/t18?,19-,20?,21-,22+,23-,24-,25?,26-,27+/m0/s1. The van der Waals surface area contributed by atoms with Gasteiger partial charge in [-0.15, -0.1) is 0 Å². The van der Waals surface area contributed by atoms with E-state index in [-0.39, 0.29) is 0 Å². The number of rotatable bonds is 2. The van der Waals surface area contributed by atoms with Crippen molar-refractivity contribution in [3.8, 4) is 0 Å². The maximum atomic E-state index is 3.95. The van der Waals surface area contributed by atoms with Gasteiger partial charge in [-0.1, -0.05) is 39.8 Å². The summed E-state index contributed by atoms with van der Waals surface area (Å²) < 4.78 is 0. The lowest BCUT2D eigenvalue weighted by molar-refractivity contribution is -0.102. The third kappa shape index (κ3) is 2.89. The SMILES string of the molecule is CC1CCC([C@@H](C)[C@H]2CC[C@H]3[C@@H]4CCC5CC=CC[C@]5(C)[C@H]4CC[C@]23C)NC1. The van der Waals surface area contributed by atoms with Gasteiger partial charge in [0.1, 0.15) is 0 Å². The van der Waals surface area contributed by atoms with E-state index in [0.717, 1.165) is 47.5 Å². The summed E-state index contributed by atoms with van der Waals surface area (Å²) >= 11 is 0. The van der Waals surface area contributed by atoms with Crippen LogP contribution in [0.5, 0.6) is 0 Å². The fourth-order valence-corrected chi connectivity index (χ4v) is 9.49. The Morgan fingerprint density at radius 1 is 0.893 bits per heavy atom. The maximum Gasteiger partial charge on any atom is 0.00957 e. The van der Waals surface area contributed by atoms with Crippen LogP contribution in [-0.2, 0) is 0 Å². The zero-order valence-corrected chi connectivity index (χ0v) is 19.1. The summed E-state index contributed by atoms with van der Waals surface area (Å²) in [4.78, 5) is 0. The van der Waals surface area contributed by atoms with Gasteiger partial charge in [0.2, 0.25) is 0 Å². The van der Waals surface area contributed by atoms with Gasteiger partial charge in [-0.3, -0.25) is 0 Å². The highest BCUT2D eigenvalue weighted by molar-refractivity contribution is 5.12. The van der Waals surface area contributed by atoms with Crippen molar-refractivity contribution in [1.29, 1.82) is 0 Å². The molecule has 0 amide bonds. The molecular formula is C27H45N. The fraction of sp³-hybridized carbons (Fsp3) is 0.926. The van der Waals surface area contributed by atoms with Crippen molar-refractivity contribution in [2.24, 2.45) is 52.3 Å². The molecule has 1 heterocycles. The molecule has 1 N–H and O–H groups in total. The molecule has 0 aromatic heterocycles. The molecule has 0 aromatic carbocycles. The molecule has 5 aliphatic rings. The third-order valence-corrected chi connectivity index (χ3v) is 11.3. The highest BCUT2D eigenvalue weighted by atomic mass is 14.9. The van der Waals surface area contributed by atoms with E-state index in [9.17, 15) is 0 Å². The number of fused-ring (bicyclic) bond motifs is 5. The molecule has 0 bridgehead atoms. The fourth-order valence-electron chi connectivity index (χ4n) is 9.49. The summed E-state index contributed by atoms with van der Waals surface area (Å²) in [5.74, 6) is 6.74. The maximum absolute atomic E-state index is 3.95. The zero-order chi connectivity index (χ0) is 19.5. The van der Waals surface area contributed by atoms with Crippen molar-refractivity contribution >= 4 is 0 Å². The Bertz CT molecular complexity index is 601. The third-order valence-electron chi connectivity index (χ3n) is 11.3. The number of allylic oxidation sites excluding steroid dienone is 2. The molecule has 4 fully saturated rings. The van der Waals surface area contributed by atoms with Crippen molar-refractivity contribution in [3.63, 3.8) is 0 Å². The first-order valence-corrected chi connectivity index (χ1v) is 12.8. The van der Waals surface area contributed by atoms with E-state index in [0.29, 0.717) is 10.8 Å². The minimum atomic E-state index is 0.615. The highest BCUT2D eigenvalue weighted by Gasteiger charge is 2.60. The molecule has 10 atom stereocenters. The molecule has 3 unspecified atom stereocenters. The quantitative estimate of drug-likeness (QED) is 0.515. The van der Waals surface area contributed by atoms with Gasteiger partial charge in [0, 0.05) is 6.04 Å². The minimum absolute atomic E-state index is 0.615. The Morgan fingerprint density at radius 3 is 2.50 bits per heavy atom. The van der Waals surface area contributed by atoms with Crippen molar-refractivity contribution in [2.45, 2.75) is 97.9 Å². The number of nitrogens with one attached hydrogen (secondary N) is 1. The van der Waals surface area contributed by atoms with Crippen LogP contribution >= 0.6 is 0 Å². The van der Waals surface area contributed by atoms with Gasteiger partial charge in [0.05, 0.1) is 0 Å². The van der Waals surface area contributed by atoms with E-state index < -0.39 is 0 Å². The zero-order valence-electron chi connectivity index (χ0n) is 19.1. The summed E-state index contributed by atoms with van der Waals surface area (Å²) in [6.07, 6.45) is 19.7. The molecule has 1 aliphatic heterocycles. The van der Waals surface area contributed by atoms with E-state index in [1.165, 1.54) is 64.3 Å². The van der Waals surface area contributed by atoms with Crippen molar-refractivity contribution in [1.82, 2.24) is 5.32 Å². The Morgan fingerprint density at radius 2 is 1.71 bits per heavy atom. The Hall–Kier alpha value is -0.300. The van der Waals surface area contributed by atoms with Crippen LogP contribution in [0.2, 0.25) is 0 Å². The van der Waals surface area contributed by atoms with Crippen LogP contribution in [0, 0.1) is 52.3 Å². The van der Waals surface area contributed by atoms with Gasteiger partial charge in [-0.2, -0.15) is 0 Å². The van der Waals surface area contributed by atoms with E-state index in [1.807, 2.05) is 0 Å². The van der Waals surface area contributed by atoms with Crippen LogP contribution in [0.1, 0.15) is 91.9 Å². The minimum Gasteiger partial charge on any atom is -0.313 e. The van der Waals surface area contributed by atoms with Crippen LogP contribution in [0.4, 0.5) is 0 Å². The predicted octanol–water partition coefficient (Wildman–Crippen LogP) is 6.84. The van der Waals surface area contributed by atoms with E-state index in [1.54, 1.807) is 6.42 Å². The van der Waals surface area contributed by atoms with Crippen molar-refractivity contribution in [3.05, 3.63) is 12.2 Å². The lowest BCUT2D eigenvalue weighted by atomic mass is 9.45. The van der Waals surface area contributed by atoms with Crippen molar-refractivity contribution < 1.29 is 0 Å². The number of hydrogen-bond acceptors (Lipinski definition) is 1. The highest BCUT2D eigenvalue weighted by Crippen LogP contribution is 2.68. The largest absolute Gasteiger partial charge is 0.313 e. The Balaban J connectivity index is 1.35. The number of piperidine rings is 1. The first-order valence-electron chi connectivity index (χ1n) is 12.8. The monoisotopic (exact) mass is 383 g/mol. The second-order valence-corrected chi connectivity index (χ2v) is 12.4. The molecule has 0 spiro atoms. The van der Waals surface area contributed by atoms with E-state index in [2.05, 4.69) is 45.2 Å². The summed E-state index contributed by atoms with van der Waals surface area (Å²) in [6, 6.07) is 0.784. The molecule has 0 radical (unpaired) electrons. The van der Waals surface area contributed by atoms with E-state index in [4.69, 9.17) is 0 Å². The lowest BCUT2D eigenvalue weighted by Gasteiger charge is -2.60. The first-order chi connectivity index (χ1) is 13.4. The predicted molar refractivity (Wildman–Crippen MR) is 119 cm³/mol. The second kappa shape index (κ2) is 7.14. The van der Waals surface area contributed by atoms with Gasteiger partial charge in [0.25, 0.3) is 0 Å². The van der Waals surface area contributed by atoms with Crippen molar-refractivity contribution in [2.75, 3.05) is 6.54 Å². The lowest BCUT2D eigenvalue weighted by Crippen LogP contribution is -2.53. The van der Waals surface area contributed by atoms with Gasteiger partial charge < -0.3 is 5.32 Å². The molecule has 28 heavy (non-hydrogen) atoms. The average Bonchev–Trinajstić information content (AvgIpc) is 3.05. The summed E-state index contributed by atoms with van der Waals surface area (Å²) in [7, 11) is 0. The number of hydrogen-bond donors (Lipinski definition) is 1. The molecule has 158 valence electrons. The average molecular weight is 384 g/mol. The molecular weight excluding hydrogens is 338 g/mol. The van der Waals surface area contributed by atoms with Crippen LogP contribution in [0.3, 0.4) is 0 Å². The molecule has 4 aliphatic carbocycles. The molecule has 0 aromatic rings. The molecule has 1 nitrogen and oxygen atoms in total. The van der Waals surface area contributed by atoms with E-state index >= 15 is 0 Å². The summed E-state index contributed by atoms with van der Waals surface area (Å²) in [5, 5.41) is 3.95. The van der Waals surface area contributed by atoms with Gasteiger partial charge in [-0.05, 0) is 123 Å². The van der Waals surface area contributed by atoms with Crippen LogP contribution < -0.4 is 5.32 Å². The molecule has 1 saturated heterocycles. The molecule has 3 saturated carbocycles. The normalized spacial score (nSPS) is 54.5. The summed E-state index contributed by atoms with van der Waals surface area (Å²) in [6.45, 7) is 11.7. The smallest absolute Gasteiger partial charge is 0.00957 e. The molecule has 1 heteroatoms. The second-order valence-electron chi connectivity index (χ2n) is 12.4. The van der Waals surface area contributed by atoms with Gasteiger partial charge in [0.15, 0.2) is 0 Å². The Labute approximate surface area is 174 Å². The topological polar surface area (TPSA) is 12.0 Å². The van der Waals surface area contributed by atoms with Crippen LogP contribution in [-0.4, -0.2) is 12.6 Å². The van der Waals surface area contributed by atoms with Crippen LogP contribution in [0.25, 0.3) is 0 Å².